The van der Waals surface area contributed by atoms with Crippen molar-refractivity contribution in [3.8, 4) is 5.19 Å². The Balaban J connectivity index is 1.73. The Morgan fingerprint density at radius 1 is 1.24 bits per heavy atom. The van der Waals surface area contributed by atoms with Gasteiger partial charge in [-0.1, -0.05) is 62.4 Å². The summed E-state index contributed by atoms with van der Waals surface area (Å²) in [6.07, 6.45) is 0.960. The van der Waals surface area contributed by atoms with Crippen LogP contribution in [0.5, 0.6) is 5.19 Å². The lowest BCUT2D eigenvalue weighted by molar-refractivity contribution is 0.175. The highest BCUT2D eigenvalue weighted by Crippen LogP contribution is 2.22. The minimum absolute atomic E-state index is 0.0762. The maximum atomic E-state index is 5.82. The van der Waals surface area contributed by atoms with Gasteiger partial charge in [0.05, 0.1) is 12.3 Å². The van der Waals surface area contributed by atoms with Crippen molar-refractivity contribution in [2.24, 2.45) is 5.41 Å². The van der Waals surface area contributed by atoms with Gasteiger partial charge in [0.2, 0.25) is 0 Å². The van der Waals surface area contributed by atoms with Crippen LogP contribution in [-0.2, 0) is 13.0 Å². The summed E-state index contributed by atoms with van der Waals surface area (Å²) in [6, 6.07) is 10.5. The van der Waals surface area contributed by atoms with Crippen LogP contribution in [-0.4, -0.2) is 18.1 Å². The van der Waals surface area contributed by atoms with Gasteiger partial charge in [0.1, 0.15) is 0 Å². The van der Waals surface area contributed by atoms with Crippen LogP contribution in [0.4, 0.5) is 0 Å². The van der Waals surface area contributed by atoms with Gasteiger partial charge in [0, 0.05) is 23.9 Å². The molecule has 0 amide bonds. The van der Waals surface area contributed by atoms with Crippen LogP contribution in [0.3, 0.4) is 0 Å². The summed E-state index contributed by atoms with van der Waals surface area (Å²) in [4.78, 5) is 4.44. The SMILES string of the molecule is CCc1csc(OCC(C)(C)CNCc2ccccc2)n1. The topological polar surface area (TPSA) is 34.1 Å². The average molecular weight is 304 g/mol. The first-order valence-electron chi connectivity index (χ1n) is 7.41. The number of aryl methyl sites for hydroxylation is 1. The number of nitrogens with one attached hydrogen (secondary N) is 1. The molecule has 1 aromatic carbocycles. The Morgan fingerprint density at radius 2 is 2.00 bits per heavy atom. The van der Waals surface area contributed by atoms with Gasteiger partial charge in [-0.3, -0.25) is 0 Å². The zero-order valence-corrected chi connectivity index (χ0v) is 13.9. The molecule has 114 valence electrons. The van der Waals surface area contributed by atoms with Gasteiger partial charge in [-0.05, 0) is 12.0 Å². The van der Waals surface area contributed by atoms with E-state index < -0.39 is 0 Å². The molecule has 0 aliphatic carbocycles. The van der Waals surface area contributed by atoms with E-state index in [0.29, 0.717) is 6.61 Å². The lowest BCUT2D eigenvalue weighted by Gasteiger charge is -2.24. The first-order valence-corrected chi connectivity index (χ1v) is 8.29. The third kappa shape index (κ3) is 5.48. The minimum Gasteiger partial charge on any atom is -0.469 e. The van der Waals surface area contributed by atoms with Crippen molar-refractivity contribution in [2.75, 3.05) is 13.2 Å². The molecule has 4 heteroatoms. The summed E-state index contributed by atoms with van der Waals surface area (Å²) < 4.78 is 5.82. The molecule has 0 spiro atoms. The van der Waals surface area contributed by atoms with E-state index in [0.717, 1.165) is 30.4 Å². The summed E-state index contributed by atoms with van der Waals surface area (Å²) in [7, 11) is 0. The summed E-state index contributed by atoms with van der Waals surface area (Å²) in [5, 5.41) is 6.34. The van der Waals surface area contributed by atoms with Crippen molar-refractivity contribution in [1.82, 2.24) is 10.3 Å². The van der Waals surface area contributed by atoms with Crippen molar-refractivity contribution in [3.63, 3.8) is 0 Å². The minimum atomic E-state index is 0.0762. The van der Waals surface area contributed by atoms with Crippen LogP contribution in [0, 0.1) is 5.41 Å². The monoisotopic (exact) mass is 304 g/mol. The maximum Gasteiger partial charge on any atom is 0.273 e. The Kier molecular flexibility index (Phi) is 5.76. The number of nitrogens with zero attached hydrogens (tertiary/aromatic N) is 1. The summed E-state index contributed by atoms with van der Waals surface area (Å²) in [5.41, 5.74) is 2.49. The van der Waals surface area contributed by atoms with Gasteiger partial charge in [-0.15, -0.1) is 0 Å². The number of rotatable bonds is 8. The average Bonchev–Trinajstić information content (AvgIpc) is 2.94. The van der Waals surface area contributed by atoms with Crippen molar-refractivity contribution >= 4 is 11.3 Å². The third-order valence-electron chi connectivity index (χ3n) is 3.25. The lowest BCUT2D eigenvalue weighted by atomic mass is 9.95. The van der Waals surface area contributed by atoms with Crippen LogP contribution in [0.1, 0.15) is 32.0 Å². The van der Waals surface area contributed by atoms with Crippen molar-refractivity contribution in [2.45, 2.75) is 33.7 Å². The smallest absolute Gasteiger partial charge is 0.273 e. The van der Waals surface area contributed by atoms with E-state index >= 15 is 0 Å². The molecule has 0 atom stereocenters. The van der Waals surface area contributed by atoms with Crippen molar-refractivity contribution < 1.29 is 4.74 Å². The molecule has 0 aliphatic rings. The van der Waals surface area contributed by atoms with Crippen molar-refractivity contribution in [1.29, 1.82) is 0 Å². The van der Waals surface area contributed by atoms with E-state index in [-0.39, 0.29) is 5.41 Å². The van der Waals surface area contributed by atoms with E-state index in [1.807, 2.05) is 6.07 Å². The fraction of sp³-hybridized carbons (Fsp3) is 0.471. The van der Waals surface area contributed by atoms with Crippen LogP contribution in [0.2, 0.25) is 0 Å². The molecule has 1 aromatic heterocycles. The number of hydrogen-bond donors (Lipinski definition) is 1. The molecule has 1 N–H and O–H groups in total. The second-order valence-electron chi connectivity index (χ2n) is 6.00. The van der Waals surface area contributed by atoms with Gasteiger partial charge in [-0.2, -0.15) is 0 Å². The third-order valence-corrected chi connectivity index (χ3v) is 4.06. The highest BCUT2D eigenvalue weighted by molar-refractivity contribution is 7.11. The van der Waals surface area contributed by atoms with Gasteiger partial charge >= 0.3 is 0 Å². The highest BCUT2D eigenvalue weighted by Gasteiger charge is 2.19. The van der Waals surface area contributed by atoms with Gasteiger partial charge < -0.3 is 10.1 Å². The van der Waals surface area contributed by atoms with E-state index in [1.54, 1.807) is 11.3 Å². The first-order chi connectivity index (χ1) is 10.1. The number of thiazole rings is 1. The Hall–Kier alpha value is -1.39. The number of aromatic nitrogens is 1. The molecular weight excluding hydrogens is 280 g/mol. The zero-order valence-electron chi connectivity index (χ0n) is 13.1. The van der Waals surface area contributed by atoms with E-state index in [2.05, 4.69) is 60.7 Å². The van der Waals surface area contributed by atoms with E-state index in [1.165, 1.54) is 5.56 Å². The Morgan fingerprint density at radius 3 is 2.67 bits per heavy atom. The second-order valence-corrected chi connectivity index (χ2v) is 6.82. The molecule has 2 rings (SSSR count). The summed E-state index contributed by atoms with van der Waals surface area (Å²) >= 11 is 1.58. The van der Waals surface area contributed by atoms with Gasteiger partial charge in [0.25, 0.3) is 5.19 Å². The fourth-order valence-corrected chi connectivity index (χ4v) is 2.72. The molecule has 0 fully saturated rings. The zero-order chi connectivity index (χ0) is 15.1. The lowest BCUT2D eigenvalue weighted by Crippen LogP contribution is -2.34. The molecule has 0 saturated heterocycles. The predicted molar refractivity (Wildman–Crippen MR) is 88.9 cm³/mol. The molecule has 0 saturated carbocycles. The quantitative estimate of drug-likeness (QED) is 0.803. The fourth-order valence-electron chi connectivity index (χ4n) is 1.97. The molecule has 0 bridgehead atoms. The largest absolute Gasteiger partial charge is 0.469 e. The molecule has 0 unspecified atom stereocenters. The first kappa shape index (κ1) is 16.0. The number of ether oxygens (including phenoxy) is 1. The molecular formula is C17H24N2OS. The van der Waals surface area contributed by atoms with Crippen LogP contribution < -0.4 is 10.1 Å². The number of hydrogen-bond acceptors (Lipinski definition) is 4. The molecule has 2 aromatic rings. The van der Waals surface area contributed by atoms with Gasteiger partial charge in [0.15, 0.2) is 0 Å². The molecule has 1 heterocycles. The predicted octanol–water partition coefficient (Wildman–Crippen LogP) is 3.90. The normalized spacial score (nSPS) is 11.6. The van der Waals surface area contributed by atoms with E-state index in [9.17, 15) is 0 Å². The van der Waals surface area contributed by atoms with Crippen LogP contribution >= 0.6 is 11.3 Å². The van der Waals surface area contributed by atoms with Gasteiger partial charge in [-0.25, -0.2) is 4.98 Å². The Bertz CT molecular complexity index is 537. The Labute approximate surface area is 131 Å². The summed E-state index contributed by atoms with van der Waals surface area (Å²) in [5.74, 6) is 0. The highest BCUT2D eigenvalue weighted by atomic mass is 32.1. The molecule has 3 nitrogen and oxygen atoms in total. The number of benzene rings is 1. The van der Waals surface area contributed by atoms with Crippen LogP contribution in [0.15, 0.2) is 35.7 Å². The molecule has 0 radical (unpaired) electrons. The standard InChI is InChI=1S/C17H24N2OS/c1-4-15-11-21-16(19-15)20-13-17(2,3)12-18-10-14-8-6-5-7-9-14/h5-9,11,18H,4,10,12-13H2,1-3H3. The molecule has 21 heavy (non-hydrogen) atoms. The molecule has 0 aliphatic heterocycles. The second kappa shape index (κ2) is 7.57. The van der Waals surface area contributed by atoms with Crippen molar-refractivity contribution in [3.05, 3.63) is 47.0 Å². The van der Waals surface area contributed by atoms with Crippen LogP contribution in [0.25, 0.3) is 0 Å². The maximum absolute atomic E-state index is 5.82. The van der Waals surface area contributed by atoms with E-state index in [4.69, 9.17) is 4.74 Å². The summed E-state index contributed by atoms with van der Waals surface area (Å²) in [6.45, 7) is 9.00.